The van der Waals surface area contributed by atoms with Gasteiger partial charge in [0.25, 0.3) is 0 Å². The van der Waals surface area contributed by atoms with Crippen LogP contribution in [-0.2, 0) is 22.5 Å². The average molecular weight is 440 g/mol. The molecule has 0 unspecified atom stereocenters. The van der Waals surface area contributed by atoms with Crippen LogP contribution >= 0.6 is 27.5 Å². The van der Waals surface area contributed by atoms with E-state index >= 15 is 0 Å². The fourth-order valence-corrected chi connectivity index (χ4v) is 2.90. The third kappa shape index (κ3) is 6.51. The lowest BCUT2D eigenvalue weighted by Crippen LogP contribution is -2.17. The molecule has 8 heteroatoms. The van der Waals surface area contributed by atoms with Gasteiger partial charge in [-0.05, 0) is 47.4 Å². The van der Waals surface area contributed by atoms with Gasteiger partial charge >= 0.3 is 6.36 Å². The molecule has 0 aliphatic carbocycles. The summed E-state index contributed by atoms with van der Waals surface area (Å²) >= 11 is 9.77. The van der Waals surface area contributed by atoms with Crippen molar-refractivity contribution in [3.63, 3.8) is 0 Å². The lowest BCUT2D eigenvalue weighted by Gasteiger charge is -2.12. The van der Waals surface area contributed by atoms with E-state index in [4.69, 9.17) is 21.1 Å². The lowest BCUT2D eigenvalue weighted by molar-refractivity contribution is -0.274. The Bertz CT molecular complexity index is 706. The summed E-state index contributed by atoms with van der Waals surface area (Å²) in [7, 11) is 1.54. The highest BCUT2D eigenvalue weighted by Gasteiger charge is 2.30. The van der Waals surface area contributed by atoms with Gasteiger partial charge in [0.05, 0.1) is 6.61 Å². The van der Waals surface area contributed by atoms with E-state index in [1.165, 1.54) is 19.2 Å². The van der Waals surface area contributed by atoms with Gasteiger partial charge in [0.1, 0.15) is 12.5 Å². The Morgan fingerprint density at radius 1 is 1.08 bits per heavy atom. The van der Waals surface area contributed by atoms with Gasteiger partial charge in [0, 0.05) is 16.6 Å². The number of hydrogen-bond acceptors (Lipinski definition) is 3. The van der Waals surface area contributed by atoms with E-state index in [-0.39, 0.29) is 12.5 Å². The van der Waals surface area contributed by atoms with Gasteiger partial charge < -0.3 is 14.2 Å². The highest BCUT2D eigenvalue weighted by atomic mass is 79.9. The first-order valence-electron chi connectivity index (χ1n) is 7.16. The van der Waals surface area contributed by atoms with Gasteiger partial charge in [-0.15, -0.1) is 13.2 Å². The largest absolute Gasteiger partial charge is 0.573 e. The van der Waals surface area contributed by atoms with E-state index in [0.717, 1.165) is 21.2 Å². The molecule has 0 aliphatic rings. The Hall–Kier alpha value is -1.28. The second-order valence-corrected chi connectivity index (χ2v) is 6.42. The van der Waals surface area contributed by atoms with Crippen molar-refractivity contribution in [1.29, 1.82) is 0 Å². The number of rotatable bonds is 7. The predicted molar refractivity (Wildman–Crippen MR) is 91.7 cm³/mol. The first kappa shape index (κ1) is 20.0. The monoisotopic (exact) mass is 438 g/mol. The van der Waals surface area contributed by atoms with E-state index < -0.39 is 6.36 Å². The van der Waals surface area contributed by atoms with E-state index in [9.17, 15) is 13.2 Å². The molecule has 0 amide bonds. The van der Waals surface area contributed by atoms with Crippen LogP contribution in [0.2, 0.25) is 5.02 Å². The van der Waals surface area contributed by atoms with Crippen LogP contribution in [0.15, 0.2) is 40.9 Å². The molecule has 0 saturated carbocycles. The molecule has 25 heavy (non-hydrogen) atoms. The topological polar surface area (TPSA) is 27.7 Å². The summed E-state index contributed by atoms with van der Waals surface area (Å²) in [5.41, 5.74) is 2.53. The smallest absolute Gasteiger partial charge is 0.406 e. The molecule has 0 fully saturated rings. The van der Waals surface area contributed by atoms with Gasteiger partial charge in [-0.3, -0.25) is 0 Å². The number of methoxy groups -OCH3 is 1. The maximum absolute atomic E-state index is 12.2. The van der Waals surface area contributed by atoms with Crippen LogP contribution in [0.4, 0.5) is 13.2 Å². The fraction of sp³-hybridized carbons (Fsp3) is 0.294. The van der Waals surface area contributed by atoms with Crippen molar-refractivity contribution in [3.8, 4) is 5.75 Å². The molecule has 0 aromatic heterocycles. The minimum absolute atomic E-state index is 0.179. The van der Waals surface area contributed by atoms with Crippen LogP contribution < -0.4 is 4.74 Å². The molecular weight excluding hydrogens is 425 g/mol. The summed E-state index contributed by atoms with van der Waals surface area (Å²) in [5.74, 6) is -0.255. The number of ether oxygens (including phenoxy) is 3. The van der Waals surface area contributed by atoms with Crippen molar-refractivity contribution in [1.82, 2.24) is 0 Å². The molecule has 2 aromatic rings. The van der Waals surface area contributed by atoms with Crippen molar-refractivity contribution < 1.29 is 27.4 Å². The second-order valence-electron chi connectivity index (χ2n) is 5.16. The van der Waals surface area contributed by atoms with Crippen LogP contribution in [0, 0.1) is 0 Å². The Labute approximate surface area is 156 Å². The molecule has 0 N–H and O–H groups in total. The second kappa shape index (κ2) is 8.89. The van der Waals surface area contributed by atoms with Gasteiger partial charge in [0.2, 0.25) is 0 Å². The molecule has 0 aliphatic heterocycles. The fourth-order valence-electron chi connectivity index (χ4n) is 2.14. The van der Waals surface area contributed by atoms with Crippen LogP contribution in [0.25, 0.3) is 0 Å². The Morgan fingerprint density at radius 2 is 1.76 bits per heavy atom. The zero-order chi connectivity index (χ0) is 18.4. The molecule has 0 bridgehead atoms. The summed E-state index contributed by atoms with van der Waals surface area (Å²) < 4.78 is 51.3. The summed E-state index contributed by atoms with van der Waals surface area (Å²) in [6.07, 6.45) is -4.22. The molecule has 0 saturated heterocycles. The molecule has 3 nitrogen and oxygen atoms in total. The molecular formula is C17H15BrClF3O3. The third-order valence-electron chi connectivity index (χ3n) is 3.23. The third-order valence-corrected chi connectivity index (χ3v) is 4.32. The van der Waals surface area contributed by atoms with Crippen molar-refractivity contribution in [2.45, 2.75) is 19.4 Å². The zero-order valence-corrected chi connectivity index (χ0v) is 15.5. The van der Waals surface area contributed by atoms with E-state index in [1.807, 2.05) is 6.07 Å². The van der Waals surface area contributed by atoms with Gasteiger partial charge in [-0.1, -0.05) is 39.7 Å². The summed E-state index contributed by atoms with van der Waals surface area (Å²) in [5, 5.41) is 0.551. The average Bonchev–Trinajstić information content (AvgIpc) is 2.52. The van der Waals surface area contributed by atoms with Crippen LogP contribution in [0.1, 0.15) is 16.7 Å². The van der Waals surface area contributed by atoms with Crippen molar-refractivity contribution >= 4 is 27.5 Å². The molecule has 136 valence electrons. The number of halogens is 5. The van der Waals surface area contributed by atoms with E-state index in [1.54, 1.807) is 18.2 Å². The Balaban J connectivity index is 2.08. The molecule has 0 radical (unpaired) electrons. The predicted octanol–water partition coefficient (Wildman–Crippen LogP) is 5.71. The molecule has 0 atom stereocenters. The Kier molecular flexibility index (Phi) is 7.13. The SMILES string of the molecule is COCOCc1cc(Cl)c(Cc2ccc(OC(F)(F)F)cc2)cc1Br. The molecule has 0 spiro atoms. The molecule has 2 aromatic carbocycles. The molecule has 0 heterocycles. The number of benzene rings is 2. The highest BCUT2D eigenvalue weighted by molar-refractivity contribution is 9.10. The first-order valence-corrected chi connectivity index (χ1v) is 8.34. The standard InChI is InChI=1S/C17H15BrClF3O3/c1-23-10-24-9-13-8-16(19)12(7-15(13)18)6-11-2-4-14(5-3-11)25-17(20,21)22/h2-5,7-8H,6,9-10H2,1H3. The van der Waals surface area contributed by atoms with Crippen molar-refractivity contribution in [3.05, 3.63) is 62.6 Å². The minimum atomic E-state index is -4.70. The summed E-state index contributed by atoms with van der Waals surface area (Å²) in [6.45, 7) is 0.524. The maximum atomic E-state index is 12.2. The number of alkyl halides is 3. The van der Waals surface area contributed by atoms with Crippen LogP contribution in [0.5, 0.6) is 5.75 Å². The minimum Gasteiger partial charge on any atom is -0.406 e. The lowest BCUT2D eigenvalue weighted by atomic mass is 10.0. The quantitative estimate of drug-likeness (QED) is 0.408. The first-order chi connectivity index (χ1) is 11.8. The van der Waals surface area contributed by atoms with Gasteiger partial charge in [-0.25, -0.2) is 0 Å². The summed E-state index contributed by atoms with van der Waals surface area (Å²) in [4.78, 5) is 0. The number of hydrogen-bond donors (Lipinski definition) is 0. The van der Waals surface area contributed by atoms with E-state index in [2.05, 4.69) is 20.7 Å². The van der Waals surface area contributed by atoms with Crippen molar-refractivity contribution in [2.75, 3.05) is 13.9 Å². The Morgan fingerprint density at radius 3 is 2.36 bits per heavy atom. The highest BCUT2D eigenvalue weighted by Crippen LogP contribution is 2.29. The van der Waals surface area contributed by atoms with Crippen LogP contribution in [0.3, 0.4) is 0 Å². The maximum Gasteiger partial charge on any atom is 0.573 e. The van der Waals surface area contributed by atoms with E-state index in [0.29, 0.717) is 18.1 Å². The van der Waals surface area contributed by atoms with Gasteiger partial charge in [0.15, 0.2) is 0 Å². The van der Waals surface area contributed by atoms with Crippen molar-refractivity contribution in [2.24, 2.45) is 0 Å². The van der Waals surface area contributed by atoms with Gasteiger partial charge in [-0.2, -0.15) is 0 Å². The molecule has 2 rings (SSSR count). The summed E-state index contributed by atoms with van der Waals surface area (Å²) in [6, 6.07) is 9.35. The van der Waals surface area contributed by atoms with Crippen LogP contribution in [-0.4, -0.2) is 20.3 Å². The zero-order valence-electron chi connectivity index (χ0n) is 13.2. The normalized spacial score (nSPS) is 11.6.